The van der Waals surface area contributed by atoms with Gasteiger partial charge in [-0.15, -0.1) is 11.8 Å². The highest BCUT2D eigenvalue weighted by Crippen LogP contribution is 2.20. The van der Waals surface area contributed by atoms with Gasteiger partial charge in [-0.25, -0.2) is 0 Å². The summed E-state index contributed by atoms with van der Waals surface area (Å²) in [6.07, 6.45) is 3.18. The summed E-state index contributed by atoms with van der Waals surface area (Å²) in [5.74, 6) is -0.365. The number of ether oxygens (including phenoxy) is 1. The molecule has 0 aliphatic heterocycles. The maximum Gasteiger partial charge on any atom is 0.313 e. The SMILES string of the molecule is CCOC(=O)CC(=O)CSc1cncc(Br)c1. The van der Waals surface area contributed by atoms with E-state index in [2.05, 4.69) is 20.9 Å². The number of thioether (sulfide) groups is 1. The first-order valence-electron chi connectivity index (χ1n) is 5.02. The molecule has 0 amide bonds. The van der Waals surface area contributed by atoms with Crippen molar-refractivity contribution in [2.45, 2.75) is 18.2 Å². The second-order valence-electron chi connectivity index (χ2n) is 3.15. The van der Waals surface area contributed by atoms with Crippen LogP contribution in [0.2, 0.25) is 0 Å². The fourth-order valence-corrected chi connectivity index (χ4v) is 2.35. The highest BCUT2D eigenvalue weighted by Gasteiger charge is 2.10. The van der Waals surface area contributed by atoms with Crippen LogP contribution in [0.3, 0.4) is 0 Å². The van der Waals surface area contributed by atoms with Gasteiger partial charge < -0.3 is 4.74 Å². The van der Waals surface area contributed by atoms with Gasteiger partial charge in [-0.3, -0.25) is 14.6 Å². The minimum absolute atomic E-state index is 0.145. The number of nitrogens with zero attached hydrogens (tertiary/aromatic N) is 1. The van der Waals surface area contributed by atoms with Crippen LogP contribution in [0.5, 0.6) is 0 Å². The number of esters is 1. The maximum absolute atomic E-state index is 11.4. The van der Waals surface area contributed by atoms with Crippen molar-refractivity contribution in [3.05, 3.63) is 22.9 Å². The van der Waals surface area contributed by atoms with Gasteiger partial charge in [0.1, 0.15) is 6.42 Å². The molecule has 0 bridgehead atoms. The second kappa shape index (κ2) is 7.45. The van der Waals surface area contributed by atoms with Gasteiger partial charge >= 0.3 is 5.97 Å². The highest BCUT2D eigenvalue weighted by atomic mass is 79.9. The summed E-state index contributed by atoms with van der Waals surface area (Å²) in [7, 11) is 0. The Morgan fingerprint density at radius 1 is 1.47 bits per heavy atom. The largest absolute Gasteiger partial charge is 0.466 e. The molecule has 0 radical (unpaired) electrons. The third kappa shape index (κ3) is 5.83. The Morgan fingerprint density at radius 3 is 2.88 bits per heavy atom. The molecule has 0 aliphatic rings. The van der Waals surface area contributed by atoms with Crippen molar-refractivity contribution in [2.75, 3.05) is 12.4 Å². The number of pyridine rings is 1. The number of Topliss-reactive ketones (excluding diaryl/α,β-unsaturated/α-hetero) is 1. The van der Waals surface area contributed by atoms with E-state index in [-0.39, 0.29) is 18.0 Å². The Balaban J connectivity index is 2.35. The van der Waals surface area contributed by atoms with Gasteiger partial charge in [-0.1, -0.05) is 0 Å². The van der Waals surface area contributed by atoms with E-state index in [1.54, 1.807) is 19.3 Å². The molecule has 0 unspecified atom stereocenters. The van der Waals surface area contributed by atoms with Gasteiger partial charge in [0.2, 0.25) is 0 Å². The summed E-state index contributed by atoms with van der Waals surface area (Å²) in [5.41, 5.74) is 0. The van der Waals surface area contributed by atoms with Crippen molar-refractivity contribution < 1.29 is 14.3 Å². The van der Waals surface area contributed by atoms with Crippen molar-refractivity contribution >= 4 is 39.4 Å². The lowest BCUT2D eigenvalue weighted by Gasteiger charge is -2.02. The number of carbonyl (C=O) groups excluding carboxylic acids is 2. The lowest BCUT2D eigenvalue weighted by atomic mass is 10.3. The van der Waals surface area contributed by atoms with Gasteiger partial charge in [0.15, 0.2) is 5.78 Å². The molecule has 0 spiro atoms. The zero-order valence-electron chi connectivity index (χ0n) is 9.31. The molecule has 0 aromatic carbocycles. The molecular weight excluding hydrogens is 306 g/mol. The molecule has 17 heavy (non-hydrogen) atoms. The number of aromatic nitrogens is 1. The van der Waals surface area contributed by atoms with Crippen molar-refractivity contribution in [3.63, 3.8) is 0 Å². The first-order valence-corrected chi connectivity index (χ1v) is 6.80. The van der Waals surface area contributed by atoms with E-state index in [4.69, 9.17) is 4.74 Å². The lowest BCUT2D eigenvalue weighted by molar-refractivity contribution is -0.145. The van der Waals surface area contributed by atoms with Crippen LogP contribution in [0.1, 0.15) is 13.3 Å². The summed E-state index contributed by atoms with van der Waals surface area (Å²) >= 11 is 4.65. The maximum atomic E-state index is 11.4. The number of rotatable bonds is 6. The van der Waals surface area contributed by atoms with Gasteiger partial charge in [0, 0.05) is 21.8 Å². The number of carbonyl (C=O) groups is 2. The number of hydrogen-bond acceptors (Lipinski definition) is 5. The van der Waals surface area contributed by atoms with E-state index in [9.17, 15) is 9.59 Å². The van der Waals surface area contributed by atoms with Crippen LogP contribution in [-0.4, -0.2) is 29.1 Å². The van der Waals surface area contributed by atoms with E-state index in [0.29, 0.717) is 6.61 Å². The molecular formula is C11H12BrNO3S. The smallest absolute Gasteiger partial charge is 0.313 e. The zero-order valence-corrected chi connectivity index (χ0v) is 11.7. The minimum atomic E-state index is -0.467. The molecule has 0 saturated heterocycles. The molecule has 4 nitrogen and oxygen atoms in total. The van der Waals surface area contributed by atoms with E-state index in [0.717, 1.165) is 9.37 Å². The van der Waals surface area contributed by atoms with Gasteiger partial charge in [0.25, 0.3) is 0 Å². The van der Waals surface area contributed by atoms with Crippen molar-refractivity contribution in [2.24, 2.45) is 0 Å². The summed E-state index contributed by atoms with van der Waals surface area (Å²) in [6, 6.07) is 1.87. The molecule has 0 aliphatic carbocycles. The lowest BCUT2D eigenvalue weighted by Crippen LogP contribution is -2.12. The molecule has 0 fully saturated rings. The molecule has 0 N–H and O–H groups in total. The van der Waals surface area contributed by atoms with Gasteiger partial charge in [-0.2, -0.15) is 0 Å². The Hall–Kier alpha value is -0.880. The molecule has 92 valence electrons. The average Bonchev–Trinajstić information content (AvgIpc) is 2.27. The first-order chi connectivity index (χ1) is 8.11. The van der Waals surface area contributed by atoms with Crippen LogP contribution in [0.25, 0.3) is 0 Å². The standard InChI is InChI=1S/C11H12BrNO3S/c1-2-16-11(15)4-9(14)7-17-10-3-8(12)5-13-6-10/h3,5-6H,2,4,7H2,1H3. The fourth-order valence-electron chi connectivity index (χ4n) is 1.06. The normalized spacial score (nSPS) is 10.0. The van der Waals surface area contributed by atoms with E-state index >= 15 is 0 Å². The Bertz CT molecular complexity index is 411. The Kier molecular flexibility index (Phi) is 6.21. The number of halogens is 1. The molecule has 1 heterocycles. The summed E-state index contributed by atoms with van der Waals surface area (Å²) in [5, 5.41) is 0. The van der Waals surface area contributed by atoms with Crippen LogP contribution in [0, 0.1) is 0 Å². The van der Waals surface area contributed by atoms with Crippen LogP contribution < -0.4 is 0 Å². The van der Waals surface area contributed by atoms with E-state index in [1.165, 1.54) is 11.8 Å². The molecule has 1 aromatic heterocycles. The monoisotopic (exact) mass is 317 g/mol. The third-order valence-corrected chi connectivity index (χ3v) is 3.18. The minimum Gasteiger partial charge on any atom is -0.466 e. The number of hydrogen-bond donors (Lipinski definition) is 0. The van der Waals surface area contributed by atoms with Crippen molar-refractivity contribution in [1.29, 1.82) is 0 Å². The predicted molar refractivity (Wildman–Crippen MR) is 68.9 cm³/mol. The fraction of sp³-hybridized carbons (Fsp3) is 0.364. The van der Waals surface area contributed by atoms with Gasteiger partial charge in [-0.05, 0) is 28.9 Å². The molecule has 0 saturated carbocycles. The highest BCUT2D eigenvalue weighted by molar-refractivity contribution is 9.10. The average molecular weight is 318 g/mol. The van der Waals surface area contributed by atoms with Crippen LogP contribution in [0.15, 0.2) is 27.8 Å². The van der Waals surface area contributed by atoms with Gasteiger partial charge in [0.05, 0.1) is 12.4 Å². The number of ketones is 1. The summed E-state index contributed by atoms with van der Waals surface area (Å²) in [6.45, 7) is 2.01. The van der Waals surface area contributed by atoms with Crippen molar-refractivity contribution in [3.8, 4) is 0 Å². The second-order valence-corrected chi connectivity index (χ2v) is 5.11. The zero-order chi connectivity index (χ0) is 12.7. The van der Waals surface area contributed by atoms with Crippen LogP contribution >= 0.6 is 27.7 Å². The summed E-state index contributed by atoms with van der Waals surface area (Å²) in [4.78, 5) is 27.3. The molecule has 1 rings (SSSR count). The van der Waals surface area contributed by atoms with Crippen molar-refractivity contribution in [1.82, 2.24) is 4.98 Å². The Morgan fingerprint density at radius 2 is 2.24 bits per heavy atom. The topological polar surface area (TPSA) is 56.3 Å². The molecule has 0 atom stereocenters. The Labute approximate surface area is 112 Å². The molecule has 1 aromatic rings. The van der Waals surface area contributed by atoms with Crippen LogP contribution in [0.4, 0.5) is 0 Å². The summed E-state index contributed by atoms with van der Waals surface area (Å²) < 4.78 is 5.56. The first kappa shape index (κ1) is 14.2. The molecule has 6 heteroatoms. The van der Waals surface area contributed by atoms with Crippen LogP contribution in [-0.2, 0) is 14.3 Å². The van der Waals surface area contributed by atoms with E-state index < -0.39 is 5.97 Å². The predicted octanol–water partition coefficient (Wildman–Crippen LogP) is 2.46. The quantitative estimate of drug-likeness (QED) is 0.458. The van der Waals surface area contributed by atoms with E-state index in [1.807, 2.05) is 6.07 Å². The third-order valence-electron chi connectivity index (χ3n) is 1.73.